The van der Waals surface area contributed by atoms with Gasteiger partial charge in [0.25, 0.3) is 6.71 Å². The number of nitrogens with zero attached hydrogens (tertiary/aromatic N) is 2. The highest BCUT2D eigenvalue weighted by atomic mass is 16.5. The van der Waals surface area contributed by atoms with Gasteiger partial charge < -0.3 is 9.47 Å². The molecule has 7 rings (SSSR count). The van der Waals surface area contributed by atoms with Gasteiger partial charge >= 0.3 is 0 Å². The third-order valence-electron chi connectivity index (χ3n) is 6.29. The predicted molar refractivity (Wildman–Crippen MR) is 99.3 cm³/mol. The van der Waals surface area contributed by atoms with Gasteiger partial charge in [-0.25, -0.2) is 0 Å². The van der Waals surface area contributed by atoms with Crippen LogP contribution in [0.4, 0.5) is 0 Å². The van der Waals surface area contributed by atoms with Gasteiger partial charge in [-0.1, -0.05) is 0 Å². The lowest BCUT2D eigenvalue weighted by Gasteiger charge is -2.37. The van der Waals surface area contributed by atoms with Crippen LogP contribution in [0.15, 0.2) is 24.5 Å². The van der Waals surface area contributed by atoms with Crippen molar-refractivity contribution in [3.05, 3.63) is 52.6 Å². The van der Waals surface area contributed by atoms with Crippen LogP contribution in [0.5, 0.6) is 23.0 Å². The summed E-state index contributed by atoms with van der Waals surface area (Å²) in [5, 5.41) is 0. The zero-order valence-electron chi connectivity index (χ0n) is 14.4. The molecule has 5 heteroatoms. The third kappa shape index (κ3) is 1.45. The molecule has 2 aliphatic heterocycles. The summed E-state index contributed by atoms with van der Waals surface area (Å²) in [5.74, 6) is 3.88. The third-order valence-corrected chi connectivity index (χ3v) is 6.29. The fourth-order valence-electron chi connectivity index (χ4n) is 4.79. The molecule has 124 valence electrons. The second-order valence-corrected chi connectivity index (χ2v) is 7.75. The Morgan fingerprint density at radius 2 is 1.35 bits per heavy atom. The van der Waals surface area contributed by atoms with E-state index in [1.54, 1.807) is 0 Å². The van der Waals surface area contributed by atoms with Gasteiger partial charge in [-0.05, 0) is 61.2 Å². The summed E-state index contributed by atoms with van der Waals surface area (Å²) in [4.78, 5) is 9.41. The topological polar surface area (TPSA) is 44.2 Å². The summed E-state index contributed by atoms with van der Waals surface area (Å²) >= 11 is 0. The number of ether oxygens (including phenoxy) is 2. The number of rotatable bonds is 0. The minimum atomic E-state index is 0.102. The second-order valence-electron chi connectivity index (χ2n) is 7.75. The van der Waals surface area contributed by atoms with Crippen molar-refractivity contribution in [3.63, 3.8) is 0 Å². The number of fused-ring (bicyclic) bond motifs is 8. The number of aryl methyl sites for hydroxylation is 3. The normalized spacial score (nSPS) is 16.6. The Morgan fingerprint density at radius 3 is 1.81 bits per heavy atom. The molecule has 4 aliphatic rings. The van der Waals surface area contributed by atoms with Crippen molar-refractivity contribution >= 4 is 23.1 Å². The molecule has 4 heterocycles. The second kappa shape index (κ2) is 4.29. The SMILES string of the molecule is Cc1cc2c3c(c1)Oc1c(cnc4c1CC4)B3c1cnc3c(c1O2)CC3. The smallest absolute Gasteiger partial charge is 0.264 e. The molecule has 0 saturated heterocycles. The number of aromatic nitrogens is 2. The Kier molecular flexibility index (Phi) is 2.21. The first kappa shape index (κ1) is 13.4. The van der Waals surface area contributed by atoms with Gasteiger partial charge in [-0.15, -0.1) is 0 Å². The Hall–Kier alpha value is -2.82. The van der Waals surface area contributed by atoms with Gasteiger partial charge in [-0.3, -0.25) is 9.97 Å². The zero-order valence-corrected chi connectivity index (χ0v) is 14.4. The van der Waals surface area contributed by atoms with Crippen molar-refractivity contribution in [1.82, 2.24) is 9.97 Å². The van der Waals surface area contributed by atoms with E-state index in [4.69, 9.17) is 19.4 Å². The molecule has 1 aromatic carbocycles. The maximum atomic E-state index is 6.41. The standard InChI is InChI=1S/C21H15BN2O2/c1-10-6-17-19-18(7-10)26-21-12-3-5-16(12)24-9-14(21)22(19)13-8-23-15-4-2-11(15)20(13)25-17/h6-9H,2-5H2,1H3. The fraction of sp³-hybridized carbons (Fsp3) is 0.238. The number of hydrogen-bond donors (Lipinski definition) is 0. The van der Waals surface area contributed by atoms with E-state index >= 15 is 0 Å². The summed E-state index contributed by atoms with van der Waals surface area (Å²) in [5.41, 5.74) is 9.52. The van der Waals surface area contributed by atoms with Crippen molar-refractivity contribution in [1.29, 1.82) is 0 Å². The van der Waals surface area contributed by atoms with Crippen molar-refractivity contribution < 1.29 is 9.47 Å². The van der Waals surface area contributed by atoms with Gasteiger partial charge in [0.2, 0.25) is 0 Å². The van der Waals surface area contributed by atoms with Gasteiger partial charge in [0.15, 0.2) is 0 Å². The lowest BCUT2D eigenvalue weighted by atomic mass is 9.35. The quantitative estimate of drug-likeness (QED) is 0.403. The van der Waals surface area contributed by atoms with Gasteiger partial charge in [0.05, 0.1) is 0 Å². The van der Waals surface area contributed by atoms with E-state index in [-0.39, 0.29) is 6.71 Å². The maximum absolute atomic E-state index is 6.41. The number of hydrogen-bond acceptors (Lipinski definition) is 4. The van der Waals surface area contributed by atoms with E-state index in [0.717, 1.165) is 70.6 Å². The van der Waals surface area contributed by atoms with E-state index in [2.05, 4.69) is 19.1 Å². The molecule has 0 bridgehead atoms. The van der Waals surface area contributed by atoms with Crippen molar-refractivity contribution in [2.45, 2.75) is 32.6 Å². The molecule has 0 N–H and O–H groups in total. The maximum Gasteiger partial charge on any atom is 0.264 e. The Bertz CT molecular complexity index is 1080. The molecule has 2 aromatic heterocycles. The molecule has 2 aliphatic carbocycles. The van der Waals surface area contributed by atoms with Crippen LogP contribution in [0, 0.1) is 6.92 Å². The Morgan fingerprint density at radius 1 is 0.808 bits per heavy atom. The van der Waals surface area contributed by atoms with Crippen LogP contribution in [0.1, 0.15) is 28.1 Å². The first-order valence-electron chi connectivity index (χ1n) is 9.29. The molecular weight excluding hydrogens is 323 g/mol. The molecular formula is C21H15BN2O2. The van der Waals surface area contributed by atoms with E-state index in [9.17, 15) is 0 Å². The van der Waals surface area contributed by atoms with Gasteiger partial charge in [-0.2, -0.15) is 0 Å². The highest BCUT2D eigenvalue weighted by molar-refractivity contribution is 6.98. The summed E-state index contributed by atoms with van der Waals surface area (Å²) in [6.07, 6.45) is 8.24. The van der Waals surface area contributed by atoms with Crippen molar-refractivity contribution in [2.75, 3.05) is 0 Å². The fourth-order valence-corrected chi connectivity index (χ4v) is 4.79. The van der Waals surface area contributed by atoms with Crippen LogP contribution in [0.2, 0.25) is 0 Å². The highest BCUT2D eigenvalue weighted by Crippen LogP contribution is 2.41. The summed E-state index contributed by atoms with van der Waals surface area (Å²) < 4.78 is 12.8. The number of pyridine rings is 2. The molecule has 0 atom stereocenters. The average molecular weight is 338 g/mol. The largest absolute Gasteiger partial charge is 0.458 e. The Labute approximate surface area is 151 Å². The molecule has 0 radical (unpaired) electrons. The lowest BCUT2D eigenvalue weighted by Crippen LogP contribution is -2.58. The average Bonchev–Trinajstić information content (AvgIpc) is 2.55. The van der Waals surface area contributed by atoms with E-state index in [1.165, 1.54) is 22.5 Å². The molecule has 0 amide bonds. The number of benzene rings is 1. The lowest BCUT2D eigenvalue weighted by molar-refractivity contribution is 0.450. The van der Waals surface area contributed by atoms with Crippen LogP contribution >= 0.6 is 0 Å². The predicted octanol–water partition coefficient (Wildman–Crippen LogP) is 1.71. The van der Waals surface area contributed by atoms with Crippen LogP contribution < -0.4 is 25.9 Å². The van der Waals surface area contributed by atoms with Crippen LogP contribution in [-0.4, -0.2) is 16.7 Å². The Balaban J connectivity index is 1.58. The minimum absolute atomic E-state index is 0.102. The van der Waals surface area contributed by atoms with Crippen LogP contribution in [-0.2, 0) is 25.7 Å². The van der Waals surface area contributed by atoms with Crippen LogP contribution in [0.3, 0.4) is 0 Å². The zero-order chi connectivity index (χ0) is 17.0. The molecule has 3 aromatic rings. The van der Waals surface area contributed by atoms with Crippen molar-refractivity contribution in [2.24, 2.45) is 0 Å². The highest BCUT2D eigenvalue weighted by Gasteiger charge is 2.44. The van der Waals surface area contributed by atoms with E-state index < -0.39 is 0 Å². The monoisotopic (exact) mass is 338 g/mol. The van der Waals surface area contributed by atoms with E-state index in [0.29, 0.717) is 0 Å². The molecule has 0 spiro atoms. The summed E-state index contributed by atoms with van der Waals surface area (Å²) in [6, 6.07) is 4.26. The van der Waals surface area contributed by atoms with E-state index in [1.807, 2.05) is 12.4 Å². The van der Waals surface area contributed by atoms with Crippen LogP contribution in [0.25, 0.3) is 0 Å². The van der Waals surface area contributed by atoms with Crippen molar-refractivity contribution in [3.8, 4) is 23.0 Å². The summed E-state index contributed by atoms with van der Waals surface area (Å²) in [6.45, 7) is 2.20. The van der Waals surface area contributed by atoms with Gasteiger partial charge in [0, 0.05) is 40.4 Å². The molecule has 0 unspecified atom stereocenters. The van der Waals surface area contributed by atoms with Gasteiger partial charge in [0.1, 0.15) is 23.0 Å². The molecule has 26 heavy (non-hydrogen) atoms. The summed E-state index contributed by atoms with van der Waals surface area (Å²) in [7, 11) is 0. The first-order chi connectivity index (χ1) is 12.8. The minimum Gasteiger partial charge on any atom is -0.458 e. The first-order valence-corrected chi connectivity index (χ1v) is 9.29. The molecule has 0 saturated carbocycles. The molecule has 4 nitrogen and oxygen atoms in total. The molecule has 0 fully saturated rings.